The van der Waals surface area contributed by atoms with Crippen molar-refractivity contribution in [3.63, 3.8) is 0 Å². The molecular weight excluding hydrogens is 461 g/mol. The summed E-state index contributed by atoms with van der Waals surface area (Å²) in [5.74, 6) is -1.20. The fourth-order valence-electron chi connectivity index (χ4n) is 4.68. The van der Waals surface area contributed by atoms with E-state index in [0.29, 0.717) is 16.3 Å². The van der Waals surface area contributed by atoms with Gasteiger partial charge in [0.25, 0.3) is 5.91 Å². The average Bonchev–Trinajstić information content (AvgIpc) is 3.59. The number of benzene rings is 3. The molecule has 6 rings (SSSR count). The van der Waals surface area contributed by atoms with Gasteiger partial charge in [-0.2, -0.15) is 0 Å². The zero-order valence-corrected chi connectivity index (χ0v) is 18.9. The first-order chi connectivity index (χ1) is 17.4. The summed E-state index contributed by atoms with van der Waals surface area (Å²) in [5, 5.41) is 16.7. The van der Waals surface area contributed by atoms with Crippen molar-refractivity contribution in [2.75, 3.05) is 0 Å². The van der Waals surface area contributed by atoms with Crippen LogP contribution in [0.2, 0.25) is 0 Å². The molecule has 5 aromatic rings. The van der Waals surface area contributed by atoms with E-state index in [9.17, 15) is 19.1 Å². The molecule has 1 aliphatic rings. The second-order valence-corrected chi connectivity index (χ2v) is 8.72. The molecular formula is C27H20FN5O3. The third-order valence-electron chi connectivity index (χ3n) is 6.55. The predicted octanol–water partition coefficient (Wildman–Crippen LogP) is 4.07. The van der Waals surface area contributed by atoms with Crippen LogP contribution in [0, 0.1) is 5.82 Å². The van der Waals surface area contributed by atoms with Crippen molar-refractivity contribution in [2.45, 2.75) is 12.1 Å². The Bertz CT molecular complexity index is 1610. The van der Waals surface area contributed by atoms with E-state index in [0.717, 1.165) is 16.8 Å². The van der Waals surface area contributed by atoms with Gasteiger partial charge in [0.2, 0.25) is 0 Å². The van der Waals surface area contributed by atoms with Crippen molar-refractivity contribution in [1.82, 2.24) is 24.8 Å². The molecule has 0 saturated carbocycles. The van der Waals surface area contributed by atoms with Crippen LogP contribution >= 0.6 is 0 Å². The highest BCUT2D eigenvalue weighted by Gasteiger charge is 2.48. The first kappa shape index (κ1) is 21.6. The Kier molecular flexibility index (Phi) is 4.85. The molecule has 3 aromatic carbocycles. The number of aromatic hydroxyl groups is 1. The van der Waals surface area contributed by atoms with E-state index < -0.39 is 23.3 Å². The molecule has 0 unspecified atom stereocenters. The largest absolute Gasteiger partial charge is 0.494 e. The van der Waals surface area contributed by atoms with Crippen molar-refractivity contribution in [3.8, 4) is 22.7 Å². The molecule has 1 fully saturated rings. The Labute approximate surface area is 204 Å². The van der Waals surface area contributed by atoms with Gasteiger partial charge in [-0.1, -0.05) is 36.4 Å². The molecule has 0 spiro atoms. The van der Waals surface area contributed by atoms with Crippen LogP contribution in [-0.4, -0.2) is 31.2 Å². The van der Waals surface area contributed by atoms with E-state index in [-0.39, 0.29) is 12.4 Å². The monoisotopic (exact) mass is 481 g/mol. The van der Waals surface area contributed by atoms with Crippen LogP contribution in [0.25, 0.3) is 27.6 Å². The van der Waals surface area contributed by atoms with Crippen molar-refractivity contribution in [3.05, 3.63) is 103 Å². The zero-order valence-electron chi connectivity index (χ0n) is 18.9. The molecule has 3 N–H and O–H groups in total. The molecule has 3 heterocycles. The van der Waals surface area contributed by atoms with Gasteiger partial charge >= 0.3 is 6.03 Å². The van der Waals surface area contributed by atoms with Gasteiger partial charge in [0.15, 0.2) is 11.4 Å². The first-order valence-electron chi connectivity index (χ1n) is 11.2. The second kappa shape index (κ2) is 8.09. The maximum Gasteiger partial charge on any atom is 0.322 e. The van der Waals surface area contributed by atoms with Gasteiger partial charge in [0.1, 0.15) is 5.82 Å². The highest BCUT2D eigenvalue weighted by Crippen LogP contribution is 2.34. The minimum atomic E-state index is -1.45. The average molecular weight is 481 g/mol. The highest BCUT2D eigenvalue weighted by atomic mass is 19.1. The Morgan fingerprint density at radius 2 is 1.69 bits per heavy atom. The van der Waals surface area contributed by atoms with Crippen LogP contribution in [0.15, 0.2) is 91.6 Å². The SMILES string of the molecule is O=C1NC(=O)[C@](Cn2cc3ccc(F)cc3c2O)(c2ccc(-c3ccc(-n4ccnc4)cc3)cc2)N1. The molecule has 2 aromatic heterocycles. The summed E-state index contributed by atoms with van der Waals surface area (Å²) in [6.45, 7) is -0.0777. The normalized spacial score (nSPS) is 17.4. The third-order valence-corrected chi connectivity index (χ3v) is 6.55. The zero-order chi connectivity index (χ0) is 24.9. The van der Waals surface area contributed by atoms with E-state index in [1.807, 2.05) is 47.2 Å². The Morgan fingerprint density at radius 3 is 2.33 bits per heavy atom. The molecule has 1 aliphatic heterocycles. The fourth-order valence-corrected chi connectivity index (χ4v) is 4.68. The topological polar surface area (TPSA) is 101 Å². The number of carbonyl (C=O) groups is 2. The van der Waals surface area contributed by atoms with Gasteiger partial charge in [-0.05, 0) is 47.0 Å². The first-order valence-corrected chi connectivity index (χ1v) is 11.2. The lowest BCUT2D eigenvalue weighted by Crippen LogP contribution is -2.47. The maximum absolute atomic E-state index is 13.7. The van der Waals surface area contributed by atoms with Crippen molar-refractivity contribution >= 4 is 22.7 Å². The van der Waals surface area contributed by atoms with Crippen LogP contribution in [0.4, 0.5) is 9.18 Å². The van der Waals surface area contributed by atoms with Gasteiger partial charge in [-0.25, -0.2) is 14.2 Å². The number of amides is 3. The lowest BCUT2D eigenvalue weighted by molar-refractivity contribution is -0.124. The molecule has 0 aliphatic carbocycles. The van der Waals surface area contributed by atoms with Crippen molar-refractivity contribution < 1.29 is 19.1 Å². The Hall–Kier alpha value is -4.92. The molecule has 8 nitrogen and oxygen atoms in total. The van der Waals surface area contributed by atoms with Crippen molar-refractivity contribution in [2.24, 2.45) is 0 Å². The summed E-state index contributed by atoms with van der Waals surface area (Å²) < 4.78 is 17.1. The lowest BCUT2D eigenvalue weighted by Gasteiger charge is -2.27. The number of nitrogens with one attached hydrogen (secondary N) is 2. The van der Waals surface area contributed by atoms with Crippen LogP contribution in [0.5, 0.6) is 5.88 Å². The standard InChI is InChI=1S/C27H20FN5O3/c28-21-8-3-19-14-33(24(34)23(19)13-21)15-27(25(35)30-26(36)31-27)20-6-1-17(2-7-20)18-4-9-22(10-5-18)32-12-11-29-16-32/h1-14,16,34H,15H2,(H2,30,31,35,36)/t27-/m0/s1. The van der Waals surface area contributed by atoms with Gasteiger partial charge in [-0.15, -0.1) is 0 Å². The number of imide groups is 1. The van der Waals surface area contributed by atoms with E-state index in [4.69, 9.17) is 0 Å². The number of carbonyl (C=O) groups excluding carboxylic acids is 2. The van der Waals surface area contributed by atoms with Crippen LogP contribution < -0.4 is 10.6 Å². The maximum atomic E-state index is 13.7. The minimum absolute atomic E-state index is 0.0777. The van der Waals surface area contributed by atoms with Gasteiger partial charge in [0.05, 0.1) is 12.9 Å². The fraction of sp³-hybridized carbons (Fsp3) is 0.0741. The number of urea groups is 1. The Morgan fingerprint density at radius 1 is 0.972 bits per heavy atom. The molecule has 1 saturated heterocycles. The number of nitrogens with zero attached hydrogens (tertiary/aromatic N) is 3. The smallest absolute Gasteiger partial charge is 0.322 e. The molecule has 3 amide bonds. The minimum Gasteiger partial charge on any atom is -0.494 e. The highest BCUT2D eigenvalue weighted by molar-refractivity contribution is 6.07. The number of aromatic nitrogens is 3. The van der Waals surface area contributed by atoms with Crippen LogP contribution in [0.1, 0.15) is 5.56 Å². The molecule has 36 heavy (non-hydrogen) atoms. The quantitative estimate of drug-likeness (QED) is 0.330. The third kappa shape index (κ3) is 3.49. The molecule has 0 bridgehead atoms. The second-order valence-electron chi connectivity index (χ2n) is 8.72. The van der Waals surface area contributed by atoms with Crippen LogP contribution in [-0.2, 0) is 16.9 Å². The number of hydrogen-bond donors (Lipinski definition) is 3. The van der Waals surface area contributed by atoms with Gasteiger partial charge in [-0.3, -0.25) is 10.1 Å². The van der Waals surface area contributed by atoms with Crippen LogP contribution in [0.3, 0.4) is 0 Å². The summed E-state index contributed by atoms with van der Waals surface area (Å²) in [4.78, 5) is 29.3. The number of hydrogen-bond acceptors (Lipinski definition) is 4. The Balaban J connectivity index is 1.35. The summed E-state index contributed by atoms with van der Waals surface area (Å²) in [6, 6.07) is 18.7. The summed E-state index contributed by atoms with van der Waals surface area (Å²) in [7, 11) is 0. The number of fused-ring (bicyclic) bond motifs is 1. The summed E-state index contributed by atoms with van der Waals surface area (Å²) >= 11 is 0. The summed E-state index contributed by atoms with van der Waals surface area (Å²) in [6.07, 6.45) is 6.94. The van der Waals surface area contributed by atoms with E-state index in [1.54, 1.807) is 36.9 Å². The molecule has 0 radical (unpaired) electrons. The van der Waals surface area contributed by atoms with Gasteiger partial charge < -0.3 is 19.6 Å². The number of halogens is 1. The molecule has 1 atom stereocenters. The number of imidazole rings is 1. The predicted molar refractivity (Wildman–Crippen MR) is 131 cm³/mol. The summed E-state index contributed by atoms with van der Waals surface area (Å²) in [5.41, 5.74) is 1.99. The van der Waals surface area contributed by atoms with E-state index in [2.05, 4.69) is 15.6 Å². The van der Waals surface area contributed by atoms with E-state index >= 15 is 0 Å². The van der Waals surface area contributed by atoms with E-state index in [1.165, 1.54) is 16.7 Å². The lowest BCUT2D eigenvalue weighted by atomic mass is 9.88. The van der Waals surface area contributed by atoms with Crippen molar-refractivity contribution in [1.29, 1.82) is 0 Å². The molecule has 9 heteroatoms. The van der Waals surface area contributed by atoms with Gasteiger partial charge in [0, 0.05) is 35.1 Å². The number of rotatable bonds is 5. The molecule has 178 valence electrons.